The summed E-state index contributed by atoms with van der Waals surface area (Å²) in [4.78, 5) is 16.2. The van der Waals surface area contributed by atoms with Crippen LogP contribution in [0.15, 0.2) is 48.8 Å². The zero-order chi connectivity index (χ0) is 17.4. The number of benzene rings is 1. The van der Waals surface area contributed by atoms with Crippen molar-refractivity contribution in [2.45, 2.75) is 19.0 Å². The summed E-state index contributed by atoms with van der Waals surface area (Å²) >= 11 is 0. The lowest BCUT2D eigenvalue weighted by Crippen LogP contribution is -2.15. The fourth-order valence-electron chi connectivity index (χ4n) is 2.99. The summed E-state index contributed by atoms with van der Waals surface area (Å²) in [6.45, 7) is -0.406. The lowest BCUT2D eigenvalue weighted by molar-refractivity contribution is -0.117. The number of imidazole rings is 1. The third-order valence-electron chi connectivity index (χ3n) is 4.44. The van der Waals surface area contributed by atoms with E-state index in [0.29, 0.717) is 17.9 Å². The summed E-state index contributed by atoms with van der Waals surface area (Å²) in [7, 11) is 0. The normalized spacial score (nSPS) is 19.1. The summed E-state index contributed by atoms with van der Waals surface area (Å²) in [5.74, 6) is -0.476. The minimum absolute atomic E-state index is 0.286. The Morgan fingerprint density at radius 2 is 2.04 bits per heavy atom. The molecule has 25 heavy (non-hydrogen) atoms. The van der Waals surface area contributed by atoms with E-state index in [0.717, 1.165) is 16.7 Å². The van der Waals surface area contributed by atoms with Crippen LogP contribution < -0.4 is 5.32 Å². The third-order valence-corrected chi connectivity index (χ3v) is 4.44. The average Bonchev–Trinajstić information content (AvgIpc) is 3.21. The minimum Gasteiger partial charge on any atom is -0.309 e. The highest BCUT2D eigenvalue weighted by Gasteiger charge is 2.43. The van der Waals surface area contributed by atoms with Gasteiger partial charge in [-0.3, -0.25) is 9.18 Å². The number of hydrogen-bond acceptors (Lipinski definition) is 2. The molecule has 1 aliphatic rings. The van der Waals surface area contributed by atoms with Crippen LogP contribution in [-0.4, -0.2) is 28.1 Å². The van der Waals surface area contributed by atoms with Crippen LogP contribution in [0.3, 0.4) is 0 Å². The topological polar surface area (TPSA) is 46.4 Å². The lowest BCUT2D eigenvalue weighted by Gasteiger charge is -2.08. The Morgan fingerprint density at radius 3 is 2.80 bits per heavy atom. The highest BCUT2D eigenvalue weighted by Crippen LogP contribution is 2.34. The van der Waals surface area contributed by atoms with Gasteiger partial charge in [0.25, 0.3) is 0 Å². The number of hydrogen-bond donors (Lipinski definition) is 1. The first-order valence-corrected chi connectivity index (χ1v) is 8.23. The Bertz CT molecular complexity index is 937. The highest BCUT2D eigenvalue weighted by molar-refractivity contribution is 5.94. The van der Waals surface area contributed by atoms with Crippen molar-refractivity contribution in [2.24, 2.45) is 5.92 Å². The number of pyridine rings is 1. The first kappa shape index (κ1) is 15.7. The smallest absolute Gasteiger partial charge is 0.231 e. The van der Waals surface area contributed by atoms with Crippen LogP contribution in [0.4, 0.5) is 14.6 Å². The number of nitrogens with zero attached hydrogens (tertiary/aromatic N) is 2. The first-order chi connectivity index (χ1) is 12.2. The molecule has 3 aromatic rings. The molecule has 0 saturated heterocycles. The summed E-state index contributed by atoms with van der Waals surface area (Å²) in [6.07, 6.45) is 3.21. The van der Waals surface area contributed by atoms with Gasteiger partial charge in [0, 0.05) is 12.6 Å². The molecule has 1 aliphatic carbocycles. The van der Waals surface area contributed by atoms with Gasteiger partial charge < -0.3 is 9.72 Å². The number of carbonyl (C=O) groups is 1. The molecule has 1 aromatic carbocycles. The fourth-order valence-corrected chi connectivity index (χ4v) is 2.99. The zero-order valence-electron chi connectivity index (χ0n) is 13.5. The summed E-state index contributed by atoms with van der Waals surface area (Å²) in [5, 5.41) is 2.65. The van der Waals surface area contributed by atoms with Crippen LogP contribution in [0.5, 0.6) is 0 Å². The van der Waals surface area contributed by atoms with E-state index in [1.165, 1.54) is 0 Å². The van der Waals surface area contributed by atoms with Gasteiger partial charge in [0.15, 0.2) is 5.82 Å². The number of amides is 1. The van der Waals surface area contributed by atoms with Gasteiger partial charge in [-0.25, -0.2) is 9.37 Å². The molecule has 0 spiro atoms. The predicted molar refractivity (Wildman–Crippen MR) is 91.9 cm³/mol. The van der Waals surface area contributed by atoms with E-state index in [1.54, 1.807) is 10.6 Å². The summed E-state index contributed by atoms with van der Waals surface area (Å²) in [6, 6.07) is 11.5. The van der Waals surface area contributed by atoms with Gasteiger partial charge in [-0.2, -0.15) is 0 Å². The van der Waals surface area contributed by atoms with Crippen LogP contribution in [0.1, 0.15) is 12.0 Å². The molecule has 0 unspecified atom stereocenters. The maximum Gasteiger partial charge on any atom is 0.231 e. The largest absolute Gasteiger partial charge is 0.309 e. The van der Waals surface area contributed by atoms with Crippen molar-refractivity contribution in [3.8, 4) is 11.1 Å². The van der Waals surface area contributed by atoms with Crippen LogP contribution in [0.2, 0.25) is 0 Å². The van der Waals surface area contributed by atoms with Gasteiger partial charge in [0.05, 0.1) is 18.8 Å². The van der Waals surface area contributed by atoms with Crippen molar-refractivity contribution < 1.29 is 13.6 Å². The van der Waals surface area contributed by atoms with Gasteiger partial charge in [0.1, 0.15) is 11.8 Å². The summed E-state index contributed by atoms with van der Waals surface area (Å²) in [5.41, 5.74) is 3.53. The van der Waals surface area contributed by atoms with Crippen LogP contribution in [0, 0.1) is 5.92 Å². The molecule has 128 valence electrons. The Hall–Kier alpha value is -2.76. The molecule has 0 bridgehead atoms. The highest BCUT2D eigenvalue weighted by atomic mass is 19.1. The number of alkyl halides is 2. The number of carbonyl (C=O) groups excluding carboxylic acids is 1. The van der Waals surface area contributed by atoms with Crippen LogP contribution in [-0.2, 0) is 11.2 Å². The van der Waals surface area contributed by atoms with E-state index in [1.807, 2.05) is 42.6 Å². The van der Waals surface area contributed by atoms with Crippen molar-refractivity contribution in [2.75, 3.05) is 12.0 Å². The molecule has 4 rings (SSSR count). The van der Waals surface area contributed by atoms with E-state index < -0.39 is 18.8 Å². The van der Waals surface area contributed by atoms with E-state index in [9.17, 15) is 13.6 Å². The van der Waals surface area contributed by atoms with Crippen molar-refractivity contribution in [1.82, 2.24) is 9.38 Å². The quantitative estimate of drug-likeness (QED) is 0.768. The zero-order valence-corrected chi connectivity index (χ0v) is 13.5. The number of nitrogens with one attached hydrogen (secondary N) is 1. The Labute approximate surface area is 143 Å². The van der Waals surface area contributed by atoms with E-state index in [2.05, 4.69) is 10.3 Å². The average molecular weight is 340 g/mol. The second kappa shape index (κ2) is 6.27. The monoisotopic (exact) mass is 340 g/mol. The van der Waals surface area contributed by atoms with Crippen molar-refractivity contribution in [3.63, 3.8) is 0 Å². The van der Waals surface area contributed by atoms with Crippen LogP contribution in [0.25, 0.3) is 16.8 Å². The maximum atomic E-state index is 13.0. The number of fused-ring (bicyclic) bond motifs is 1. The van der Waals surface area contributed by atoms with Gasteiger partial charge >= 0.3 is 0 Å². The number of halogens is 2. The van der Waals surface area contributed by atoms with Gasteiger partial charge in [0.2, 0.25) is 5.91 Å². The molecule has 0 radical (unpaired) electrons. The van der Waals surface area contributed by atoms with Crippen molar-refractivity contribution in [1.29, 1.82) is 0 Å². The maximum absolute atomic E-state index is 13.0. The molecule has 1 N–H and O–H groups in total. The Morgan fingerprint density at radius 1 is 1.24 bits per heavy atom. The van der Waals surface area contributed by atoms with E-state index in [4.69, 9.17) is 0 Å². The number of aromatic nitrogens is 2. The predicted octanol–water partition coefficient (Wildman–Crippen LogP) is 3.81. The third kappa shape index (κ3) is 3.12. The SMILES string of the molecule is O=C(Nc1cn2cc(-c3ccccc3CC[18F])ccc2n1)[C@@H]1C[C@@H]1F. The molecule has 1 amide bonds. The molecule has 2 atom stereocenters. The standard InChI is InChI=1S/C19H17F2N3O/c20-8-7-12-3-1-2-4-14(12)13-5-6-18-22-17(11-24(18)10-13)23-19(25)15-9-16(15)21/h1-6,10-11,15-16H,7-9H2,(H,23,25)/t15-,16+/m1/s1/i20-1. The van der Waals surface area contributed by atoms with E-state index in [-0.39, 0.29) is 12.3 Å². The first-order valence-electron chi connectivity index (χ1n) is 8.23. The number of rotatable bonds is 5. The van der Waals surface area contributed by atoms with Crippen molar-refractivity contribution >= 4 is 17.4 Å². The molecule has 1 fully saturated rings. The number of aryl methyl sites for hydroxylation is 1. The van der Waals surface area contributed by atoms with Gasteiger partial charge in [-0.15, -0.1) is 0 Å². The summed E-state index contributed by atoms with van der Waals surface area (Å²) < 4.78 is 27.5. The molecule has 0 aliphatic heterocycles. The number of anilines is 1. The molecule has 4 nitrogen and oxygen atoms in total. The molecule has 6 heteroatoms. The Balaban J connectivity index is 1.63. The fraction of sp³-hybridized carbons (Fsp3) is 0.263. The van der Waals surface area contributed by atoms with Crippen LogP contribution >= 0.6 is 0 Å². The second-order valence-corrected chi connectivity index (χ2v) is 6.25. The van der Waals surface area contributed by atoms with E-state index >= 15 is 0 Å². The second-order valence-electron chi connectivity index (χ2n) is 6.25. The van der Waals surface area contributed by atoms with Gasteiger partial charge in [-0.05, 0) is 35.2 Å². The molecule has 1 saturated carbocycles. The lowest BCUT2D eigenvalue weighted by atomic mass is 9.99. The molecular weight excluding hydrogens is 323 g/mol. The molecule has 2 heterocycles. The van der Waals surface area contributed by atoms with Gasteiger partial charge in [-0.1, -0.05) is 24.3 Å². The minimum atomic E-state index is -1.03. The Kier molecular flexibility index (Phi) is 3.95. The molecular formula is C19H17F2N3O. The van der Waals surface area contributed by atoms with Crippen molar-refractivity contribution in [3.05, 3.63) is 54.4 Å². The molecule has 2 aromatic heterocycles.